The van der Waals surface area contributed by atoms with Gasteiger partial charge in [-0.1, -0.05) is 11.3 Å². The minimum absolute atomic E-state index is 0.160. The first-order valence-electron chi connectivity index (χ1n) is 11.4. The number of nitrogens with one attached hydrogen (secondary N) is 1. The molecule has 2 saturated heterocycles. The van der Waals surface area contributed by atoms with Gasteiger partial charge < -0.3 is 9.64 Å². The Kier molecular flexibility index (Phi) is 6.23. The second-order valence-electron chi connectivity index (χ2n) is 8.50. The summed E-state index contributed by atoms with van der Waals surface area (Å²) in [7, 11) is 1.66. The second-order valence-corrected chi connectivity index (χ2v) is 9.50. The van der Waals surface area contributed by atoms with Crippen molar-refractivity contribution in [1.29, 1.82) is 0 Å². The number of carbonyl (C=O) groups is 1. The number of anilines is 2. The molecule has 2 aliphatic rings. The number of thiazole rings is 1. The Labute approximate surface area is 192 Å². The zero-order chi connectivity index (χ0) is 21.9. The van der Waals surface area contributed by atoms with Gasteiger partial charge in [-0.05, 0) is 69.5 Å². The van der Waals surface area contributed by atoms with Gasteiger partial charge in [0.2, 0.25) is 0 Å². The highest BCUT2D eigenvalue weighted by Crippen LogP contribution is 2.40. The number of likely N-dealkylation sites (tertiary alicyclic amines) is 1. The Morgan fingerprint density at radius 2 is 1.88 bits per heavy atom. The number of methoxy groups -OCH3 is 1. The minimum atomic E-state index is -0.160. The van der Waals surface area contributed by atoms with Gasteiger partial charge in [0.1, 0.15) is 11.3 Å². The number of hydrogen-bond acceptors (Lipinski definition) is 7. The van der Waals surface area contributed by atoms with E-state index in [4.69, 9.17) is 9.72 Å². The van der Waals surface area contributed by atoms with Gasteiger partial charge >= 0.3 is 0 Å². The summed E-state index contributed by atoms with van der Waals surface area (Å²) in [5.74, 6) is 0.571. The Morgan fingerprint density at radius 1 is 1.09 bits per heavy atom. The predicted molar refractivity (Wildman–Crippen MR) is 129 cm³/mol. The van der Waals surface area contributed by atoms with Crippen LogP contribution in [0, 0.1) is 0 Å². The lowest BCUT2D eigenvalue weighted by Gasteiger charge is -2.29. The van der Waals surface area contributed by atoms with Crippen LogP contribution in [-0.4, -0.2) is 54.1 Å². The maximum atomic E-state index is 13.0. The molecule has 1 amide bonds. The fourth-order valence-corrected chi connectivity index (χ4v) is 5.64. The summed E-state index contributed by atoms with van der Waals surface area (Å²) in [5, 5.41) is 3.59. The van der Waals surface area contributed by atoms with Crippen LogP contribution in [0.1, 0.15) is 48.2 Å². The molecule has 5 rings (SSSR count). The molecule has 7 nitrogen and oxygen atoms in total. The van der Waals surface area contributed by atoms with E-state index in [0.717, 1.165) is 54.4 Å². The van der Waals surface area contributed by atoms with Gasteiger partial charge in [-0.25, -0.2) is 4.98 Å². The molecule has 3 aromatic rings. The summed E-state index contributed by atoms with van der Waals surface area (Å²) < 4.78 is 6.61. The van der Waals surface area contributed by atoms with Gasteiger partial charge in [0.05, 0.1) is 23.2 Å². The molecule has 32 heavy (non-hydrogen) atoms. The molecule has 0 saturated carbocycles. The Hall–Kier alpha value is -2.71. The third kappa shape index (κ3) is 4.42. The molecule has 0 bridgehead atoms. The van der Waals surface area contributed by atoms with Gasteiger partial charge in [0.15, 0.2) is 5.13 Å². The van der Waals surface area contributed by atoms with Crippen LogP contribution >= 0.6 is 11.3 Å². The molecule has 0 atom stereocenters. The van der Waals surface area contributed by atoms with Crippen molar-refractivity contribution in [3.8, 4) is 5.75 Å². The smallest absolute Gasteiger partial charge is 0.257 e. The Morgan fingerprint density at radius 3 is 2.66 bits per heavy atom. The van der Waals surface area contributed by atoms with E-state index in [1.54, 1.807) is 19.4 Å². The van der Waals surface area contributed by atoms with Crippen molar-refractivity contribution in [3.05, 3.63) is 41.7 Å². The molecule has 1 aromatic carbocycles. The molecule has 0 unspecified atom stereocenters. The van der Waals surface area contributed by atoms with Crippen molar-refractivity contribution < 1.29 is 9.53 Å². The van der Waals surface area contributed by atoms with Crippen molar-refractivity contribution in [1.82, 2.24) is 14.9 Å². The van der Waals surface area contributed by atoms with E-state index < -0.39 is 0 Å². The fourth-order valence-electron chi connectivity index (χ4n) is 4.62. The molecule has 0 radical (unpaired) electrons. The van der Waals surface area contributed by atoms with Crippen LogP contribution in [0.2, 0.25) is 0 Å². The number of fused-ring (bicyclic) bond motifs is 1. The van der Waals surface area contributed by atoms with Crippen LogP contribution in [0.15, 0.2) is 30.5 Å². The molecule has 168 valence electrons. The van der Waals surface area contributed by atoms with E-state index >= 15 is 0 Å². The van der Waals surface area contributed by atoms with E-state index in [2.05, 4.69) is 26.2 Å². The first-order valence-corrected chi connectivity index (χ1v) is 12.2. The summed E-state index contributed by atoms with van der Waals surface area (Å²) in [6.45, 7) is 5.10. The molecule has 2 aromatic heterocycles. The van der Waals surface area contributed by atoms with E-state index in [0.29, 0.717) is 10.7 Å². The van der Waals surface area contributed by atoms with Crippen LogP contribution < -0.4 is 15.0 Å². The molecular formula is C24H29N5O2S. The quantitative estimate of drug-likeness (QED) is 0.593. The van der Waals surface area contributed by atoms with Crippen LogP contribution in [0.3, 0.4) is 0 Å². The lowest BCUT2D eigenvalue weighted by Crippen LogP contribution is -2.29. The maximum Gasteiger partial charge on any atom is 0.257 e. The van der Waals surface area contributed by atoms with Crippen LogP contribution in [-0.2, 0) is 6.54 Å². The molecule has 2 fully saturated rings. The number of nitrogens with zero attached hydrogens (tertiary/aromatic N) is 4. The standard InChI is InChI=1S/C24H29N5O2S/c1-31-20-8-7-19(29-13-3-2-4-14-29)22-21(20)26-24(32-22)27-23(30)17-9-10-25-18(15-17)16-28-11-5-6-12-28/h7-10,15H,2-6,11-14,16H2,1H3,(H,26,27,30). The third-order valence-corrected chi connectivity index (χ3v) is 7.28. The fraction of sp³-hybridized carbons (Fsp3) is 0.458. The van der Waals surface area contributed by atoms with Crippen molar-refractivity contribution in [2.75, 3.05) is 43.5 Å². The topological polar surface area (TPSA) is 70.6 Å². The minimum Gasteiger partial charge on any atom is -0.494 e. The number of benzene rings is 1. The molecule has 0 spiro atoms. The third-order valence-electron chi connectivity index (χ3n) is 6.29. The number of pyridine rings is 1. The number of hydrogen-bond donors (Lipinski definition) is 1. The number of rotatable bonds is 6. The van der Waals surface area contributed by atoms with E-state index in [9.17, 15) is 4.79 Å². The number of carbonyl (C=O) groups excluding carboxylic acids is 1. The molecular weight excluding hydrogens is 422 g/mol. The SMILES string of the molecule is COc1ccc(N2CCCCC2)c2sc(NC(=O)c3ccnc(CN4CCCC4)c3)nc12. The van der Waals surface area contributed by atoms with Gasteiger partial charge in [-0.15, -0.1) is 0 Å². The van der Waals surface area contributed by atoms with E-state index in [1.807, 2.05) is 12.1 Å². The summed E-state index contributed by atoms with van der Waals surface area (Å²) in [6.07, 6.45) is 7.89. The van der Waals surface area contributed by atoms with Crippen LogP contribution in [0.25, 0.3) is 10.2 Å². The number of aromatic nitrogens is 2. The average Bonchev–Trinajstić information content (AvgIpc) is 3.49. The van der Waals surface area contributed by atoms with Crippen molar-refractivity contribution >= 4 is 38.3 Å². The van der Waals surface area contributed by atoms with Crippen LogP contribution in [0.5, 0.6) is 5.75 Å². The zero-order valence-electron chi connectivity index (χ0n) is 18.5. The second kappa shape index (κ2) is 9.42. The normalized spacial score (nSPS) is 17.1. The highest BCUT2D eigenvalue weighted by atomic mass is 32.1. The first-order chi connectivity index (χ1) is 15.7. The van der Waals surface area contributed by atoms with E-state index in [-0.39, 0.29) is 5.91 Å². The Balaban J connectivity index is 1.38. The summed E-state index contributed by atoms with van der Waals surface area (Å²) in [5.41, 5.74) is 3.52. The Bertz CT molecular complexity index is 1100. The van der Waals surface area contributed by atoms with Gasteiger partial charge in [-0.2, -0.15) is 0 Å². The lowest BCUT2D eigenvalue weighted by atomic mass is 10.1. The van der Waals surface area contributed by atoms with Gasteiger partial charge in [0, 0.05) is 31.4 Å². The first kappa shape index (κ1) is 21.2. The van der Waals surface area contributed by atoms with Crippen molar-refractivity contribution in [3.63, 3.8) is 0 Å². The molecule has 4 heterocycles. The van der Waals surface area contributed by atoms with Gasteiger partial charge in [-0.3, -0.25) is 20.0 Å². The highest BCUT2D eigenvalue weighted by Gasteiger charge is 2.20. The molecule has 8 heteroatoms. The number of amides is 1. The summed E-state index contributed by atoms with van der Waals surface area (Å²) >= 11 is 1.51. The highest BCUT2D eigenvalue weighted by molar-refractivity contribution is 7.23. The largest absolute Gasteiger partial charge is 0.494 e. The van der Waals surface area contributed by atoms with Crippen LogP contribution in [0.4, 0.5) is 10.8 Å². The molecule has 1 N–H and O–H groups in total. The maximum absolute atomic E-state index is 13.0. The molecule has 0 aliphatic carbocycles. The number of piperidine rings is 1. The van der Waals surface area contributed by atoms with Crippen molar-refractivity contribution in [2.24, 2.45) is 0 Å². The lowest BCUT2D eigenvalue weighted by molar-refractivity contribution is 0.102. The van der Waals surface area contributed by atoms with Crippen molar-refractivity contribution in [2.45, 2.75) is 38.6 Å². The average molecular weight is 452 g/mol. The van der Waals surface area contributed by atoms with E-state index in [1.165, 1.54) is 49.1 Å². The summed E-state index contributed by atoms with van der Waals surface area (Å²) in [6, 6.07) is 7.74. The number of ether oxygens (including phenoxy) is 1. The predicted octanol–water partition coefficient (Wildman–Crippen LogP) is 4.54. The monoisotopic (exact) mass is 451 g/mol. The molecule has 2 aliphatic heterocycles. The summed E-state index contributed by atoms with van der Waals surface area (Å²) in [4.78, 5) is 27.0. The van der Waals surface area contributed by atoms with Gasteiger partial charge in [0.25, 0.3) is 5.91 Å². The zero-order valence-corrected chi connectivity index (χ0v) is 19.3.